The maximum Gasteiger partial charge on any atom is 0.256 e. The minimum Gasteiger partial charge on any atom is -0.495 e. The van der Waals surface area contributed by atoms with Crippen LogP contribution in [0.5, 0.6) is 11.5 Å². The van der Waals surface area contributed by atoms with Gasteiger partial charge in [0, 0.05) is 18.8 Å². The van der Waals surface area contributed by atoms with E-state index in [-0.39, 0.29) is 56.4 Å². The van der Waals surface area contributed by atoms with Crippen LogP contribution in [-0.2, 0) is 0 Å². The van der Waals surface area contributed by atoms with Crippen molar-refractivity contribution in [3.8, 4) is 22.6 Å². The van der Waals surface area contributed by atoms with E-state index in [9.17, 15) is 9.59 Å². The summed E-state index contributed by atoms with van der Waals surface area (Å²) in [5.74, 6) is -0.341. The van der Waals surface area contributed by atoms with Crippen molar-refractivity contribution in [3.63, 3.8) is 0 Å². The Morgan fingerprint density at radius 3 is 1.95 bits per heavy atom. The molecule has 210 valence electrons. The van der Waals surface area contributed by atoms with Crippen LogP contribution in [-0.4, -0.2) is 81.8 Å². The molecule has 0 fully saturated rings. The molecule has 0 aromatic heterocycles. The number of amides is 2. The van der Waals surface area contributed by atoms with Crippen LogP contribution in [0.25, 0.3) is 11.1 Å². The predicted molar refractivity (Wildman–Crippen MR) is 154 cm³/mol. The first-order valence-corrected chi connectivity index (χ1v) is 13.2. The number of likely N-dealkylation sites (N-methyl/N-ethyl adjacent to an activating group) is 1. The van der Waals surface area contributed by atoms with Gasteiger partial charge in [0.2, 0.25) is 0 Å². The Morgan fingerprint density at radius 2 is 1.39 bits per heavy atom. The number of nitrogen functional groups attached to an aromatic ring is 2. The SMILES string of the molecule is CCN(CC)CCNC(=O)c1cc(Cl)c(N)c(-c2c(N)ccc(C(=O)NCN(CC)CC)c2OC)c1OC. The highest BCUT2D eigenvalue weighted by Crippen LogP contribution is 2.49. The Labute approximate surface area is 230 Å². The summed E-state index contributed by atoms with van der Waals surface area (Å²) < 4.78 is 11.4. The van der Waals surface area contributed by atoms with E-state index in [2.05, 4.69) is 34.3 Å². The molecule has 11 heteroatoms. The van der Waals surface area contributed by atoms with Crippen LogP contribution in [0.2, 0.25) is 5.02 Å². The number of methoxy groups -OCH3 is 2. The van der Waals surface area contributed by atoms with Gasteiger partial charge in [-0.3, -0.25) is 14.5 Å². The van der Waals surface area contributed by atoms with Crippen LogP contribution < -0.4 is 31.6 Å². The van der Waals surface area contributed by atoms with Crippen LogP contribution in [0.15, 0.2) is 18.2 Å². The molecule has 0 saturated heterocycles. The third-order valence-corrected chi connectivity index (χ3v) is 6.89. The zero-order valence-electron chi connectivity index (χ0n) is 23.2. The summed E-state index contributed by atoms with van der Waals surface area (Å²) in [4.78, 5) is 30.6. The lowest BCUT2D eigenvalue weighted by molar-refractivity contribution is 0.0920. The fourth-order valence-corrected chi connectivity index (χ4v) is 4.41. The lowest BCUT2D eigenvalue weighted by Crippen LogP contribution is -2.37. The van der Waals surface area contributed by atoms with Crippen LogP contribution in [0.3, 0.4) is 0 Å². The van der Waals surface area contributed by atoms with Gasteiger partial charge in [0.25, 0.3) is 11.8 Å². The normalized spacial score (nSPS) is 11.1. The van der Waals surface area contributed by atoms with Crippen molar-refractivity contribution in [1.29, 1.82) is 0 Å². The van der Waals surface area contributed by atoms with Crippen LogP contribution in [0.1, 0.15) is 48.4 Å². The van der Waals surface area contributed by atoms with Gasteiger partial charge in [-0.1, -0.05) is 39.3 Å². The van der Waals surface area contributed by atoms with Crippen molar-refractivity contribution in [3.05, 3.63) is 34.3 Å². The van der Waals surface area contributed by atoms with Gasteiger partial charge in [0.1, 0.15) is 11.5 Å². The van der Waals surface area contributed by atoms with Gasteiger partial charge in [-0.05, 0) is 44.4 Å². The second-order valence-electron chi connectivity index (χ2n) is 8.59. The molecule has 2 aromatic rings. The van der Waals surface area contributed by atoms with E-state index in [1.54, 1.807) is 12.1 Å². The highest BCUT2D eigenvalue weighted by molar-refractivity contribution is 6.34. The number of rotatable bonds is 14. The second-order valence-corrected chi connectivity index (χ2v) is 9.00. The van der Waals surface area contributed by atoms with Crippen molar-refractivity contribution >= 4 is 34.8 Å². The van der Waals surface area contributed by atoms with Gasteiger partial charge in [-0.15, -0.1) is 0 Å². The maximum atomic E-state index is 13.2. The van der Waals surface area contributed by atoms with Gasteiger partial charge in [0.05, 0.1) is 53.9 Å². The van der Waals surface area contributed by atoms with Crippen molar-refractivity contribution in [2.45, 2.75) is 27.7 Å². The molecular formula is C27H41ClN6O4. The van der Waals surface area contributed by atoms with Crippen molar-refractivity contribution < 1.29 is 19.1 Å². The molecule has 38 heavy (non-hydrogen) atoms. The van der Waals surface area contributed by atoms with E-state index in [1.165, 1.54) is 20.3 Å². The summed E-state index contributed by atoms with van der Waals surface area (Å²) in [7, 11) is 2.87. The van der Waals surface area contributed by atoms with Gasteiger partial charge in [0.15, 0.2) is 0 Å². The van der Waals surface area contributed by atoms with Crippen LogP contribution >= 0.6 is 11.6 Å². The summed E-state index contributed by atoms with van der Waals surface area (Å²) in [6.07, 6.45) is 0. The Kier molecular flexibility index (Phi) is 12.0. The lowest BCUT2D eigenvalue weighted by Gasteiger charge is -2.23. The summed E-state index contributed by atoms with van der Waals surface area (Å²) in [6.45, 7) is 13.0. The highest BCUT2D eigenvalue weighted by Gasteiger charge is 2.28. The van der Waals surface area contributed by atoms with E-state index in [1.807, 2.05) is 13.8 Å². The third-order valence-electron chi connectivity index (χ3n) is 6.57. The van der Waals surface area contributed by atoms with Gasteiger partial charge < -0.3 is 36.5 Å². The van der Waals surface area contributed by atoms with Crippen molar-refractivity contribution in [2.75, 3.05) is 71.6 Å². The number of nitrogens with zero attached hydrogens (tertiary/aromatic N) is 2. The molecular weight excluding hydrogens is 508 g/mol. The smallest absolute Gasteiger partial charge is 0.256 e. The summed E-state index contributed by atoms with van der Waals surface area (Å²) >= 11 is 6.50. The standard InChI is InChI=1S/C27H41ClN6O4/c1-7-33(8-2)14-13-31-27(36)18-15-19(28)23(30)22(25(18)38-6)21-20(29)12-11-17(24(21)37-5)26(35)32-16-34(9-3)10-4/h11-12,15H,7-10,13-14,16,29-30H2,1-6H3,(H,31,36)(H,32,35). The number of benzene rings is 2. The Morgan fingerprint density at radius 1 is 0.842 bits per heavy atom. The number of anilines is 2. The number of hydrogen-bond donors (Lipinski definition) is 4. The number of nitrogens with one attached hydrogen (secondary N) is 2. The number of carbonyl (C=O) groups excluding carboxylic acids is 2. The first-order chi connectivity index (χ1) is 18.2. The van der Waals surface area contributed by atoms with E-state index in [0.717, 1.165) is 26.2 Å². The fraction of sp³-hybridized carbons (Fsp3) is 0.481. The van der Waals surface area contributed by atoms with E-state index in [4.69, 9.17) is 32.5 Å². The molecule has 0 atom stereocenters. The fourth-order valence-electron chi connectivity index (χ4n) is 4.21. The Balaban J connectivity index is 2.59. The molecule has 10 nitrogen and oxygen atoms in total. The van der Waals surface area contributed by atoms with Crippen molar-refractivity contribution in [2.24, 2.45) is 0 Å². The monoisotopic (exact) mass is 548 g/mol. The Hall–Kier alpha value is -3.21. The van der Waals surface area contributed by atoms with Gasteiger partial charge in [-0.2, -0.15) is 0 Å². The molecule has 0 aliphatic carbocycles. The molecule has 2 rings (SSSR count). The number of halogens is 1. The lowest BCUT2D eigenvalue weighted by atomic mass is 9.94. The zero-order valence-corrected chi connectivity index (χ0v) is 24.0. The molecule has 6 N–H and O–H groups in total. The molecule has 0 radical (unpaired) electrons. The first kappa shape index (κ1) is 31.0. The Bertz CT molecular complexity index is 1120. The van der Waals surface area contributed by atoms with E-state index >= 15 is 0 Å². The molecule has 0 heterocycles. The molecule has 2 aromatic carbocycles. The number of ether oxygens (including phenoxy) is 2. The van der Waals surface area contributed by atoms with E-state index < -0.39 is 0 Å². The third kappa shape index (κ3) is 7.00. The number of nitrogens with two attached hydrogens (primary N) is 2. The molecule has 2 amide bonds. The molecule has 0 saturated carbocycles. The average molecular weight is 549 g/mol. The largest absolute Gasteiger partial charge is 0.495 e. The zero-order chi connectivity index (χ0) is 28.4. The minimum absolute atomic E-state index is 0.146. The molecule has 0 aliphatic heterocycles. The van der Waals surface area contributed by atoms with Gasteiger partial charge >= 0.3 is 0 Å². The van der Waals surface area contributed by atoms with E-state index in [0.29, 0.717) is 25.3 Å². The first-order valence-electron chi connectivity index (χ1n) is 12.8. The second kappa shape index (κ2) is 14.7. The van der Waals surface area contributed by atoms with Crippen LogP contribution in [0, 0.1) is 0 Å². The quantitative estimate of drug-likeness (QED) is 0.209. The highest BCUT2D eigenvalue weighted by atomic mass is 35.5. The summed E-state index contributed by atoms with van der Waals surface area (Å²) in [5, 5.41) is 5.97. The molecule has 0 bridgehead atoms. The number of hydrogen-bond acceptors (Lipinski definition) is 8. The topological polar surface area (TPSA) is 135 Å². The minimum atomic E-state index is -0.372. The summed E-state index contributed by atoms with van der Waals surface area (Å²) in [6, 6.07) is 4.65. The molecule has 0 aliphatic rings. The van der Waals surface area contributed by atoms with Crippen LogP contribution in [0.4, 0.5) is 11.4 Å². The number of carbonyl (C=O) groups is 2. The molecule has 0 unspecified atom stereocenters. The molecule has 0 spiro atoms. The van der Waals surface area contributed by atoms with Gasteiger partial charge in [-0.25, -0.2) is 0 Å². The average Bonchev–Trinajstić information content (AvgIpc) is 2.92. The predicted octanol–water partition coefficient (Wildman–Crippen LogP) is 3.29. The summed E-state index contributed by atoms with van der Waals surface area (Å²) in [5.41, 5.74) is 14.3. The maximum absolute atomic E-state index is 13.2. The van der Waals surface area contributed by atoms with Crippen molar-refractivity contribution in [1.82, 2.24) is 20.4 Å².